The number of rotatable bonds is 3. The molecule has 5 nitrogen and oxygen atoms in total. The van der Waals surface area contributed by atoms with Gasteiger partial charge in [-0.15, -0.1) is 0 Å². The van der Waals surface area contributed by atoms with Gasteiger partial charge in [0.05, 0.1) is 0 Å². The smallest absolute Gasteiger partial charge is 0.320 e. The van der Waals surface area contributed by atoms with Crippen molar-refractivity contribution < 1.29 is 4.79 Å². The fourth-order valence-electron chi connectivity index (χ4n) is 2.85. The molecule has 2 aromatic heterocycles. The van der Waals surface area contributed by atoms with Crippen LogP contribution in [0.25, 0.3) is 22.0 Å². The van der Waals surface area contributed by atoms with Crippen molar-refractivity contribution in [2.45, 2.75) is 33.1 Å². The van der Waals surface area contributed by atoms with Crippen LogP contribution in [-0.4, -0.2) is 22.5 Å². The molecule has 0 aliphatic heterocycles. The first-order valence-corrected chi connectivity index (χ1v) is 8.79. The molecule has 0 saturated heterocycles. The average molecular weight is 348 g/mol. The highest BCUT2D eigenvalue weighted by Crippen LogP contribution is 2.32. The third-order valence-corrected chi connectivity index (χ3v) is 4.28. The number of pyridine rings is 2. The van der Waals surface area contributed by atoms with Crippen molar-refractivity contribution in [3.63, 3.8) is 0 Å². The number of carbonyl (C=O) groups excluding carboxylic acids is 1. The molecule has 0 atom stereocenters. The first-order valence-electron chi connectivity index (χ1n) is 8.79. The fraction of sp³-hybridized carbons (Fsp3) is 0.286. The molecule has 0 bridgehead atoms. The summed E-state index contributed by atoms with van der Waals surface area (Å²) in [6.45, 7) is 9.02. The summed E-state index contributed by atoms with van der Waals surface area (Å²) in [6.07, 6.45) is 3.50. The van der Waals surface area contributed by atoms with Crippen LogP contribution in [0.15, 0.2) is 48.8 Å². The third kappa shape index (κ3) is 3.67. The molecule has 134 valence electrons. The standard InChI is InChI=1S/C21H24N4O/c1-5-22-20(26)25-19-18-16(7-6-12-23-18)17(13-24-19)14-8-10-15(11-9-14)21(2,3)4/h6-13H,5H2,1-4H3,(H2,22,24,25,26). The molecule has 26 heavy (non-hydrogen) atoms. The van der Waals surface area contributed by atoms with Gasteiger partial charge in [-0.25, -0.2) is 9.78 Å². The van der Waals surface area contributed by atoms with E-state index in [-0.39, 0.29) is 11.4 Å². The number of nitrogens with zero attached hydrogens (tertiary/aromatic N) is 2. The number of urea groups is 1. The molecule has 0 fully saturated rings. The van der Waals surface area contributed by atoms with Crippen LogP contribution in [0.3, 0.4) is 0 Å². The van der Waals surface area contributed by atoms with Gasteiger partial charge in [0.25, 0.3) is 0 Å². The summed E-state index contributed by atoms with van der Waals surface area (Å²) in [5, 5.41) is 6.43. The van der Waals surface area contributed by atoms with E-state index in [1.807, 2.05) is 19.1 Å². The van der Waals surface area contributed by atoms with Gasteiger partial charge in [-0.05, 0) is 29.5 Å². The number of hydrogen-bond donors (Lipinski definition) is 2. The maximum absolute atomic E-state index is 11.9. The Bertz CT molecular complexity index is 927. The summed E-state index contributed by atoms with van der Waals surface area (Å²) in [7, 11) is 0. The van der Waals surface area contributed by atoms with Gasteiger partial charge in [0.2, 0.25) is 0 Å². The number of hydrogen-bond acceptors (Lipinski definition) is 3. The van der Waals surface area contributed by atoms with Crippen molar-refractivity contribution in [2.24, 2.45) is 0 Å². The lowest BCUT2D eigenvalue weighted by molar-refractivity contribution is 0.252. The van der Waals surface area contributed by atoms with Crippen molar-refractivity contribution in [1.82, 2.24) is 15.3 Å². The van der Waals surface area contributed by atoms with E-state index in [0.717, 1.165) is 16.5 Å². The van der Waals surface area contributed by atoms with Crippen LogP contribution in [0.4, 0.5) is 10.6 Å². The van der Waals surface area contributed by atoms with E-state index in [9.17, 15) is 4.79 Å². The molecular weight excluding hydrogens is 324 g/mol. The number of benzene rings is 1. The molecule has 0 aliphatic rings. The Hall–Kier alpha value is -2.95. The lowest BCUT2D eigenvalue weighted by Gasteiger charge is -2.19. The first kappa shape index (κ1) is 17.9. The maximum atomic E-state index is 11.9. The minimum atomic E-state index is -0.283. The molecular formula is C21H24N4O. The van der Waals surface area contributed by atoms with E-state index in [1.54, 1.807) is 12.4 Å². The molecule has 1 aromatic carbocycles. The number of fused-ring (bicyclic) bond motifs is 1. The van der Waals surface area contributed by atoms with Gasteiger partial charge < -0.3 is 5.32 Å². The largest absolute Gasteiger partial charge is 0.338 e. The van der Waals surface area contributed by atoms with Crippen LogP contribution in [0.5, 0.6) is 0 Å². The summed E-state index contributed by atoms with van der Waals surface area (Å²) in [4.78, 5) is 20.7. The highest BCUT2D eigenvalue weighted by molar-refractivity contribution is 6.03. The zero-order valence-electron chi connectivity index (χ0n) is 15.6. The van der Waals surface area contributed by atoms with Crippen molar-refractivity contribution >= 4 is 22.8 Å². The SMILES string of the molecule is CCNC(=O)Nc1ncc(-c2ccc(C(C)(C)C)cc2)c2cccnc12. The van der Waals surface area contributed by atoms with Crippen LogP contribution in [0, 0.1) is 0 Å². The topological polar surface area (TPSA) is 66.9 Å². The Morgan fingerprint density at radius 2 is 1.81 bits per heavy atom. The highest BCUT2D eigenvalue weighted by Gasteiger charge is 2.15. The van der Waals surface area contributed by atoms with Gasteiger partial charge in [-0.2, -0.15) is 0 Å². The number of carbonyl (C=O) groups is 1. The van der Waals surface area contributed by atoms with E-state index >= 15 is 0 Å². The summed E-state index contributed by atoms with van der Waals surface area (Å²) in [5.74, 6) is 0.460. The van der Waals surface area contributed by atoms with Crippen molar-refractivity contribution in [3.8, 4) is 11.1 Å². The Morgan fingerprint density at radius 1 is 1.08 bits per heavy atom. The number of aromatic nitrogens is 2. The van der Waals surface area contributed by atoms with Gasteiger partial charge in [0.1, 0.15) is 5.52 Å². The zero-order chi connectivity index (χ0) is 18.7. The van der Waals surface area contributed by atoms with Crippen molar-refractivity contribution in [1.29, 1.82) is 0 Å². The monoisotopic (exact) mass is 348 g/mol. The molecule has 5 heteroatoms. The fourth-order valence-corrected chi connectivity index (χ4v) is 2.85. The van der Waals surface area contributed by atoms with Crippen LogP contribution in [0.1, 0.15) is 33.3 Å². The molecule has 0 saturated carbocycles. The van der Waals surface area contributed by atoms with Gasteiger partial charge in [-0.1, -0.05) is 51.1 Å². The Labute approximate surface area is 153 Å². The molecule has 2 heterocycles. The summed E-state index contributed by atoms with van der Waals surface area (Å²) >= 11 is 0. The molecule has 2 N–H and O–H groups in total. The number of amides is 2. The molecule has 0 unspecified atom stereocenters. The average Bonchev–Trinajstić information content (AvgIpc) is 2.62. The summed E-state index contributed by atoms with van der Waals surface area (Å²) in [6, 6.07) is 12.1. The van der Waals surface area contributed by atoms with Crippen LogP contribution in [-0.2, 0) is 5.41 Å². The predicted molar refractivity (Wildman–Crippen MR) is 106 cm³/mol. The molecule has 0 spiro atoms. The van der Waals surface area contributed by atoms with E-state index in [2.05, 4.69) is 65.6 Å². The van der Waals surface area contributed by atoms with Gasteiger partial charge >= 0.3 is 6.03 Å². The predicted octanol–water partition coefficient (Wildman–Crippen LogP) is 4.74. The van der Waals surface area contributed by atoms with Crippen LogP contribution in [0.2, 0.25) is 0 Å². The van der Waals surface area contributed by atoms with Crippen molar-refractivity contribution in [2.75, 3.05) is 11.9 Å². The Balaban J connectivity index is 2.04. The Morgan fingerprint density at radius 3 is 2.46 bits per heavy atom. The van der Waals surface area contributed by atoms with Gasteiger partial charge in [0.15, 0.2) is 5.82 Å². The van der Waals surface area contributed by atoms with Crippen LogP contribution < -0.4 is 10.6 Å². The van der Waals surface area contributed by atoms with E-state index in [1.165, 1.54) is 5.56 Å². The number of nitrogens with one attached hydrogen (secondary N) is 2. The highest BCUT2D eigenvalue weighted by atomic mass is 16.2. The summed E-state index contributed by atoms with van der Waals surface area (Å²) < 4.78 is 0. The quantitative estimate of drug-likeness (QED) is 0.719. The third-order valence-electron chi connectivity index (χ3n) is 4.28. The molecule has 2 amide bonds. The molecule has 0 aliphatic carbocycles. The van der Waals surface area contributed by atoms with Gasteiger partial charge in [0, 0.05) is 29.9 Å². The molecule has 3 rings (SSSR count). The zero-order valence-corrected chi connectivity index (χ0v) is 15.6. The van der Waals surface area contributed by atoms with Crippen molar-refractivity contribution in [3.05, 3.63) is 54.4 Å². The van der Waals surface area contributed by atoms with E-state index < -0.39 is 0 Å². The second kappa shape index (κ2) is 7.12. The van der Waals surface area contributed by atoms with Crippen LogP contribution >= 0.6 is 0 Å². The first-order chi connectivity index (χ1) is 12.4. The second-order valence-electron chi connectivity index (χ2n) is 7.23. The van der Waals surface area contributed by atoms with E-state index in [4.69, 9.17) is 0 Å². The number of anilines is 1. The molecule has 0 radical (unpaired) electrons. The normalized spacial score (nSPS) is 11.4. The lowest BCUT2D eigenvalue weighted by atomic mass is 9.86. The lowest BCUT2D eigenvalue weighted by Crippen LogP contribution is -2.28. The minimum absolute atomic E-state index is 0.112. The summed E-state index contributed by atoms with van der Waals surface area (Å²) in [5.41, 5.74) is 4.14. The maximum Gasteiger partial charge on any atom is 0.320 e. The van der Waals surface area contributed by atoms with Gasteiger partial charge in [-0.3, -0.25) is 10.3 Å². The second-order valence-corrected chi connectivity index (χ2v) is 7.23. The molecule has 3 aromatic rings. The Kier molecular flexibility index (Phi) is 4.89. The van der Waals surface area contributed by atoms with E-state index in [0.29, 0.717) is 17.9 Å². The minimum Gasteiger partial charge on any atom is -0.338 e.